The smallest absolute Gasteiger partial charge is 0.331 e. The average molecular weight is 409 g/mol. The highest BCUT2D eigenvalue weighted by molar-refractivity contribution is 5.91. The lowest BCUT2D eigenvalue weighted by molar-refractivity contribution is -0.155. The van der Waals surface area contributed by atoms with Gasteiger partial charge in [0.05, 0.1) is 7.11 Å². The van der Waals surface area contributed by atoms with Crippen LogP contribution in [0.5, 0.6) is 11.5 Å². The molecule has 4 fully saturated rings. The predicted molar refractivity (Wildman–Crippen MR) is 110 cm³/mol. The molecular weight excluding hydrogens is 382 g/mol. The van der Waals surface area contributed by atoms with E-state index in [4.69, 9.17) is 19.5 Å². The van der Waals surface area contributed by atoms with Crippen molar-refractivity contribution in [2.24, 2.45) is 23.2 Å². The molecule has 0 amide bonds. The molecule has 0 saturated heterocycles. The van der Waals surface area contributed by atoms with E-state index in [1.54, 1.807) is 24.3 Å². The Morgan fingerprint density at radius 3 is 2.40 bits per heavy atom. The maximum atomic E-state index is 12.9. The lowest BCUT2D eigenvalue weighted by Crippen LogP contribution is -2.51. The van der Waals surface area contributed by atoms with E-state index in [1.807, 2.05) is 6.07 Å². The molecule has 158 valence electrons. The highest BCUT2D eigenvalue weighted by atomic mass is 16.5. The Balaban J connectivity index is 1.32. The van der Waals surface area contributed by atoms with Crippen LogP contribution in [0.3, 0.4) is 0 Å². The normalized spacial score (nSPS) is 28.9. The van der Waals surface area contributed by atoms with E-state index in [-0.39, 0.29) is 24.4 Å². The summed E-state index contributed by atoms with van der Waals surface area (Å²) in [5.41, 5.74) is 0.478. The molecule has 6 heteroatoms. The van der Waals surface area contributed by atoms with Gasteiger partial charge in [-0.15, -0.1) is 0 Å². The lowest BCUT2D eigenvalue weighted by atomic mass is 9.48. The number of hydrogen-bond acceptors (Lipinski definition) is 6. The van der Waals surface area contributed by atoms with Crippen LogP contribution in [0.25, 0.3) is 6.08 Å². The van der Waals surface area contributed by atoms with Crippen LogP contribution < -0.4 is 9.47 Å². The van der Waals surface area contributed by atoms with Gasteiger partial charge >= 0.3 is 5.97 Å². The Morgan fingerprint density at radius 1 is 1.13 bits per heavy atom. The second-order valence-corrected chi connectivity index (χ2v) is 8.92. The first-order valence-electron chi connectivity index (χ1n) is 10.6. The summed E-state index contributed by atoms with van der Waals surface area (Å²) in [6.45, 7) is -0.213. The number of ether oxygens (including phenoxy) is 3. The standard InChI is InChI=1S/C24H27NO5/c1-28-21-11-16(2-4-20(21)29-7-6-25)3-5-23(27)30-15-22(26)24-12-17-8-18(13-24)10-19(9-17)14-24/h2-5,11,17-19H,7-10,12-15H2,1H3/b5-3+. The van der Waals surface area contributed by atoms with Crippen LogP contribution in [0, 0.1) is 34.5 Å². The van der Waals surface area contributed by atoms with Crippen molar-refractivity contribution >= 4 is 17.8 Å². The number of esters is 1. The largest absolute Gasteiger partial charge is 0.493 e. The first-order valence-corrected chi connectivity index (χ1v) is 10.6. The minimum atomic E-state index is -0.531. The average Bonchev–Trinajstić information content (AvgIpc) is 2.73. The molecule has 0 N–H and O–H groups in total. The molecule has 4 bridgehead atoms. The summed E-state index contributed by atoms with van der Waals surface area (Å²) in [6.07, 6.45) is 9.68. The van der Waals surface area contributed by atoms with Gasteiger partial charge in [0.15, 0.2) is 30.5 Å². The molecule has 0 aliphatic heterocycles. The minimum Gasteiger partial charge on any atom is -0.493 e. The van der Waals surface area contributed by atoms with Gasteiger partial charge in [-0.3, -0.25) is 4.79 Å². The number of benzene rings is 1. The summed E-state index contributed by atoms with van der Waals surface area (Å²) >= 11 is 0. The Bertz CT molecular complexity index is 862. The maximum Gasteiger partial charge on any atom is 0.331 e. The van der Waals surface area contributed by atoms with Crippen LogP contribution >= 0.6 is 0 Å². The Labute approximate surface area is 176 Å². The quantitative estimate of drug-likeness (QED) is 0.478. The summed E-state index contributed by atoms with van der Waals surface area (Å²) < 4.78 is 15.8. The molecular formula is C24H27NO5. The van der Waals surface area contributed by atoms with Gasteiger partial charge in [-0.2, -0.15) is 5.26 Å². The van der Waals surface area contributed by atoms with Crippen molar-refractivity contribution in [3.63, 3.8) is 0 Å². The molecule has 5 rings (SSSR count). The topological polar surface area (TPSA) is 85.6 Å². The number of nitriles is 1. The number of carbonyl (C=O) groups excluding carboxylic acids is 2. The first-order chi connectivity index (χ1) is 14.5. The monoisotopic (exact) mass is 409 g/mol. The number of Topliss-reactive ketones (excluding diaryl/α,β-unsaturated/α-hetero) is 1. The third-order valence-electron chi connectivity index (χ3n) is 6.87. The van der Waals surface area contributed by atoms with Crippen LogP contribution in [-0.2, 0) is 14.3 Å². The van der Waals surface area contributed by atoms with Gasteiger partial charge in [-0.05, 0) is 80.1 Å². The van der Waals surface area contributed by atoms with Gasteiger partial charge in [0.2, 0.25) is 0 Å². The highest BCUT2D eigenvalue weighted by Crippen LogP contribution is 2.60. The van der Waals surface area contributed by atoms with E-state index in [2.05, 4.69) is 0 Å². The fourth-order valence-corrected chi connectivity index (χ4v) is 5.97. The molecule has 0 spiro atoms. The number of rotatable bonds is 8. The van der Waals surface area contributed by atoms with E-state index >= 15 is 0 Å². The van der Waals surface area contributed by atoms with Gasteiger partial charge in [-0.1, -0.05) is 6.07 Å². The van der Waals surface area contributed by atoms with Crippen LogP contribution in [0.4, 0.5) is 0 Å². The molecule has 0 unspecified atom stereocenters. The second-order valence-electron chi connectivity index (χ2n) is 8.92. The number of carbonyl (C=O) groups is 2. The molecule has 0 atom stereocenters. The molecule has 6 nitrogen and oxygen atoms in total. The molecule has 4 saturated carbocycles. The van der Waals surface area contributed by atoms with Crippen molar-refractivity contribution in [1.82, 2.24) is 0 Å². The van der Waals surface area contributed by atoms with Crippen molar-refractivity contribution < 1.29 is 23.8 Å². The molecule has 0 aromatic heterocycles. The zero-order valence-electron chi connectivity index (χ0n) is 17.3. The van der Waals surface area contributed by atoms with E-state index in [9.17, 15) is 9.59 Å². The van der Waals surface area contributed by atoms with Gasteiger partial charge in [-0.25, -0.2) is 4.79 Å². The van der Waals surface area contributed by atoms with Gasteiger partial charge in [0.25, 0.3) is 0 Å². The van der Waals surface area contributed by atoms with E-state index in [0.717, 1.165) is 24.8 Å². The molecule has 1 aromatic carbocycles. The van der Waals surface area contributed by atoms with Gasteiger partial charge < -0.3 is 14.2 Å². The second kappa shape index (κ2) is 8.51. The lowest BCUT2D eigenvalue weighted by Gasteiger charge is -2.55. The summed E-state index contributed by atoms with van der Waals surface area (Å²) in [4.78, 5) is 25.1. The molecule has 0 radical (unpaired) electrons. The predicted octanol–water partition coefficient (Wildman–Crippen LogP) is 3.94. The third kappa shape index (κ3) is 4.21. The van der Waals surface area contributed by atoms with Crippen molar-refractivity contribution in [2.45, 2.75) is 38.5 Å². The van der Waals surface area contributed by atoms with Crippen molar-refractivity contribution in [1.29, 1.82) is 5.26 Å². The van der Waals surface area contributed by atoms with E-state index in [0.29, 0.717) is 29.3 Å². The summed E-state index contributed by atoms with van der Waals surface area (Å²) in [5.74, 6) is 2.56. The highest BCUT2D eigenvalue weighted by Gasteiger charge is 2.54. The van der Waals surface area contributed by atoms with Crippen molar-refractivity contribution in [2.75, 3.05) is 20.3 Å². The number of methoxy groups -OCH3 is 1. The minimum absolute atomic E-state index is 0.0738. The van der Waals surface area contributed by atoms with Crippen molar-refractivity contribution in [3.8, 4) is 17.6 Å². The van der Waals surface area contributed by atoms with Crippen LogP contribution in [-0.4, -0.2) is 32.1 Å². The fourth-order valence-electron chi connectivity index (χ4n) is 5.97. The Hall–Kier alpha value is -2.81. The van der Waals surface area contributed by atoms with E-state index < -0.39 is 5.97 Å². The zero-order chi connectivity index (χ0) is 21.1. The SMILES string of the molecule is COc1cc(/C=C/C(=O)OCC(=O)C23CC4CC(CC(C4)C2)C3)ccc1OCC#N. The number of hydrogen-bond donors (Lipinski definition) is 0. The van der Waals surface area contributed by atoms with E-state index in [1.165, 1.54) is 32.4 Å². The molecule has 0 heterocycles. The van der Waals surface area contributed by atoms with Gasteiger partial charge in [0.1, 0.15) is 6.07 Å². The summed E-state index contributed by atoms with van der Waals surface area (Å²) in [7, 11) is 1.51. The Morgan fingerprint density at radius 2 is 1.80 bits per heavy atom. The van der Waals surface area contributed by atoms with Crippen LogP contribution in [0.1, 0.15) is 44.1 Å². The molecule has 4 aliphatic rings. The molecule has 4 aliphatic carbocycles. The maximum absolute atomic E-state index is 12.9. The summed E-state index contributed by atoms with van der Waals surface area (Å²) in [5, 5.41) is 8.62. The fraction of sp³-hybridized carbons (Fsp3) is 0.542. The van der Waals surface area contributed by atoms with Crippen molar-refractivity contribution in [3.05, 3.63) is 29.8 Å². The van der Waals surface area contributed by atoms with Crippen LogP contribution in [0.2, 0.25) is 0 Å². The summed E-state index contributed by atoms with van der Waals surface area (Å²) in [6, 6.07) is 7.04. The van der Waals surface area contributed by atoms with Gasteiger partial charge in [0, 0.05) is 11.5 Å². The number of nitrogens with zero attached hydrogens (tertiary/aromatic N) is 1. The zero-order valence-corrected chi connectivity index (χ0v) is 17.3. The number of ketones is 1. The Kier molecular flexibility index (Phi) is 5.80. The van der Waals surface area contributed by atoms with Crippen LogP contribution in [0.15, 0.2) is 24.3 Å². The molecule has 30 heavy (non-hydrogen) atoms. The molecule has 1 aromatic rings. The first kappa shape index (κ1) is 20.5. The third-order valence-corrected chi connectivity index (χ3v) is 6.87.